The lowest BCUT2D eigenvalue weighted by atomic mass is 10.3. The summed E-state index contributed by atoms with van der Waals surface area (Å²) >= 11 is 9.06. The van der Waals surface area contributed by atoms with E-state index in [0.29, 0.717) is 22.3 Å². The van der Waals surface area contributed by atoms with Gasteiger partial charge in [-0.25, -0.2) is 4.98 Å². The Balaban J connectivity index is 2.23. The smallest absolute Gasteiger partial charge is 0.219 e. The largest absolute Gasteiger partial charge is 0.439 e. The number of pyridine rings is 1. The van der Waals surface area contributed by atoms with Crippen molar-refractivity contribution in [1.82, 2.24) is 4.98 Å². The van der Waals surface area contributed by atoms with Crippen LogP contribution in [0.2, 0.25) is 5.02 Å². The molecule has 0 spiro atoms. The molecule has 0 bridgehead atoms. The first-order valence-electron chi connectivity index (χ1n) is 4.49. The van der Waals surface area contributed by atoms with Crippen molar-refractivity contribution in [2.24, 2.45) is 0 Å². The van der Waals surface area contributed by atoms with E-state index >= 15 is 0 Å². The summed E-state index contributed by atoms with van der Waals surface area (Å²) in [5.74, 6) is 1.10. The van der Waals surface area contributed by atoms with E-state index in [1.54, 1.807) is 24.3 Å². The van der Waals surface area contributed by atoms with E-state index in [-0.39, 0.29) is 0 Å². The van der Waals surface area contributed by atoms with Crippen molar-refractivity contribution in [2.75, 3.05) is 5.73 Å². The van der Waals surface area contributed by atoms with Gasteiger partial charge in [0.1, 0.15) is 5.75 Å². The van der Waals surface area contributed by atoms with Gasteiger partial charge in [-0.3, -0.25) is 0 Å². The molecule has 1 aromatic carbocycles. The molecule has 1 aromatic heterocycles. The minimum atomic E-state index is 0.474. The van der Waals surface area contributed by atoms with Gasteiger partial charge < -0.3 is 10.5 Å². The first-order valence-corrected chi connectivity index (χ1v) is 5.66. The Morgan fingerprint density at radius 2 is 2.06 bits per heavy atom. The number of nitrogens with zero attached hydrogens (tertiary/aromatic N) is 1. The van der Waals surface area contributed by atoms with Crippen molar-refractivity contribution in [3.8, 4) is 11.6 Å². The van der Waals surface area contributed by atoms with Gasteiger partial charge in [-0.05, 0) is 18.2 Å². The summed E-state index contributed by atoms with van der Waals surface area (Å²) in [7, 11) is 0. The number of nitrogen functional groups attached to an aromatic ring is 1. The molecule has 0 saturated carbocycles. The van der Waals surface area contributed by atoms with Crippen LogP contribution >= 0.6 is 27.5 Å². The normalized spacial score (nSPS) is 10.1. The van der Waals surface area contributed by atoms with E-state index in [2.05, 4.69) is 20.9 Å². The highest BCUT2D eigenvalue weighted by molar-refractivity contribution is 9.10. The summed E-state index contributed by atoms with van der Waals surface area (Å²) in [6.07, 6.45) is 1.53. The summed E-state index contributed by atoms with van der Waals surface area (Å²) in [6.45, 7) is 0. The first-order chi connectivity index (χ1) is 7.63. The second-order valence-electron chi connectivity index (χ2n) is 3.14. The van der Waals surface area contributed by atoms with Crippen LogP contribution in [0.3, 0.4) is 0 Å². The molecule has 2 rings (SSSR count). The molecular formula is C11H8BrClN2O. The van der Waals surface area contributed by atoms with Crippen LogP contribution in [0, 0.1) is 0 Å². The molecule has 0 unspecified atom stereocenters. The number of anilines is 1. The highest BCUT2D eigenvalue weighted by atomic mass is 79.9. The van der Waals surface area contributed by atoms with Crippen LogP contribution in [0.15, 0.2) is 41.0 Å². The zero-order chi connectivity index (χ0) is 11.5. The van der Waals surface area contributed by atoms with Crippen LogP contribution in [0.5, 0.6) is 11.6 Å². The Hall–Kier alpha value is -1.26. The fourth-order valence-electron chi connectivity index (χ4n) is 1.19. The first kappa shape index (κ1) is 11.2. The van der Waals surface area contributed by atoms with Crippen LogP contribution in [0.4, 0.5) is 5.69 Å². The maximum Gasteiger partial charge on any atom is 0.219 e. The molecule has 3 nitrogen and oxygen atoms in total. The quantitative estimate of drug-likeness (QED) is 0.856. The van der Waals surface area contributed by atoms with Gasteiger partial charge in [0, 0.05) is 28.5 Å². The number of aromatic nitrogens is 1. The summed E-state index contributed by atoms with van der Waals surface area (Å²) in [5, 5.41) is 0.570. The lowest BCUT2D eigenvalue weighted by molar-refractivity contribution is 0.463. The Labute approximate surface area is 106 Å². The summed E-state index contributed by atoms with van der Waals surface area (Å²) in [4.78, 5) is 4.02. The average molecular weight is 300 g/mol. The Kier molecular flexibility index (Phi) is 3.31. The number of ether oxygens (including phenoxy) is 1. The molecule has 1 heterocycles. The maximum absolute atomic E-state index is 5.72. The van der Waals surface area contributed by atoms with Gasteiger partial charge in [-0.1, -0.05) is 27.5 Å². The SMILES string of the molecule is Nc1cc(Br)cc(Oc2ccc(Cl)cn2)c1. The van der Waals surface area contributed by atoms with E-state index in [1.165, 1.54) is 6.20 Å². The third-order valence-corrected chi connectivity index (χ3v) is 2.50. The molecule has 0 amide bonds. The number of hydrogen-bond donors (Lipinski definition) is 1. The van der Waals surface area contributed by atoms with Crippen LogP contribution in [0.1, 0.15) is 0 Å². The summed E-state index contributed by atoms with van der Waals surface area (Å²) in [5.41, 5.74) is 6.31. The van der Waals surface area contributed by atoms with Crippen molar-refractivity contribution in [3.63, 3.8) is 0 Å². The summed E-state index contributed by atoms with van der Waals surface area (Å²) < 4.78 is 6.37. The second kappa shape index (κ2) is 4.72. The number of nitrogens with two attached hydrogens (primary N) is 1. The van der Waals surface area contributed by atoms with Gasteiger partial charge in [-0.2, -0.15) is 0 Å². The Morgan fingerprint density at radius 3 is 2.69 bits per heavy atom. The van der Waals surface area contributed by atoms with Crippen LogP contribution in [0.25, 0.3) is 0 Å². The van der Waals surface area contributed by atoms with E-state index < -0.39 is 0 Å². The minimum Gasteiger partial charge on any atom is -0.439 e. The predicted octanol–water partition coefficient (Wildman–Crippen LogP) is 3.87. The van der Waals surface area contributed by atoms with Gasteiger partial charge in [0.15, 0.2) is 0 Å². The van der Waals surface area contributed by atoms with Gasteiger partial charge in [0.05, 0.1) is 5.02 Å². The molecule has 82 valence electrons. The van der Waals surface area contributed by atoms with Crippen LogP contribution in [-0.4, -0.2) is 4.98 Å². The van der Waals surface area contributed by atoms with Gasteiger partial charge in [0.25, 0.3) is 0 Å². The zero-order valence-corrected chi connectivity index (χ0v) is 10.5. The standard InChI is InChI=1S/C11H8BrClN2O/c12-7-3-9(14)5-10(4-7)16-11-2-1-8(13)6-15-11/h1-6H,14H2. The number of hydrogen-bond acceptors (Lipinski definition) is 3. The average Bonchev–Trinajstić information content (AvgIpc) is 2.20. The van der Waals surface area contributed by atoms with Crippen molar-refractivity contribution >= 4 is 33.2 Å². The van der Waals surface area contributed by atoms with E-state index in [4.69, 9.17) is 22.1 Å². The molecule has 16 heavy (non-hydrogen) atoms. The molecule has 5 heteroatoms. The Morgan fingerprint density at radius 1 is 1.25 bits per heavy atom. The number of benzene rings is 1. The second-order valence-corrected chi connectivity index (χ2v) is 4.49. The van der Waals surface area contributed by atoms with Crippen LogP contribution < -0.4 is 10.5 Å². The molecule has 0 radical (unpaired) electrons. The maximum atomic E-state index is 5.72. The molecule has 0 saturated heterocycles. The fraction of sp³-hybridized carbons (Fsp3) is 0. The van der Waals surface area contributed by atoms with Gasteiger partial charge >= 0.3 is 0 Å². The molecule has 0 aliphatic rings. The van der Waals surface area contributed by atoms with Crippen LogP contribution in [-0.2, 0) is 0 Å². The van der Waals surface area contributed by atoms with Crippen molar-refractivity contribution in [3.05, 3.63) is 46.0 Å². The van der Waals surface area contributed by atoms with E-state index in [1.807, 2.05) is 6.07 Å². The highest BCUT2D eigenvalue weighted by Crippen LogP contribution is 2.26. The monoisotopic (exact) mass is 298 g/mol. The molecule has 0 aliphatic carbocycles. The number of halogens is 2. The zero-order valence-electron chi connectivity index (χ0n) is 8.15. The number of rotatable bonds is 2. The lowest BCUT2D eigenvalue weighted by Crippen LogP contribution is -1.90. The topological polar surface area (TPSA) is 48.1 Å². The molecule has 0 atom stereocenters. The Bertz CT molecular complexity index is 482. The van der Waals surface area contributed by atoms with E-state index in [9.17, 15) is 0 Å². The van der Waals surface area contributed by atoms with E-state index in [0.717, 1.165) is 4.47 Å². The molecule has 0 aliphatic heterocycles. The minimum absolute atomic E-state index is 0.474. The molecular weight excluding hydrogens is 291 g/mol. The third kappa shape index (κ3) is 2.87. The van der Waals surface area contributed by atoms with Gasteiger partial charge in [0.2, 0.25) is 5.88 Å². The van der Waals surface area contributed by atoms with Gasteiger partial charge in [-0.15, -0.1) is 0 Å². The lowest BCUT2D eigenvalue weighted by Gasteiger charge is -2.06. The third-order valence-electron chi connectivity index (χ3n) is 1.82. The van der Waals surface area contributed by atoms with Crippen molar-refractivity contribution in [2.45, 2.75) is 0 Å². The highest BCUT2D eigenvalue weighted by Gasteiger charge is 2.01. The fourth-order valence-corrected chi connectivity index (χ4v) is 1.79. The predicted molar refractivity (Wildman–Crippen MR) is 67.9 cm³/mol. The molecule has 2 N–H and O–H groups in total. The molecule has 2 aromatic rings. The van der Waals surface area contributed by atoms with Crippen molar-refractivity contribution < 1.29 is 4.74 Å². The van der Waals surface area contributed by atoms with Crippen molar-refractivity contribution in [1.29, 1.82) is 0 Å². The summed E-state index contributed by atoms with van der Waals surface area (Å²) in [6, 6.07) is 8.74. The molecule has 0 fully saturated rings.